The average Bonchev–Trinajstić information content (AvgIpc) is 3.69. The highest BCUT2D eigenvalue weighted by atomic mass is 35.6. The number of rotatable bonds is 12. The number of alkyl halides is 6. The monoisotopic (exact) mass is 720 g/mol. The fourth-order valence-electron chi connectivity index (χ4n) is 4.31. The van der Waals surface area contributed by atoms with Gasteiger partial charge in [0.05, 0.1) is 19.6 Å². The summed E-state index contributed by atoms with van der Waals surface area (Å²) >= 11 is 17.1. The molecule has 0 aliphatic heterocycles. The third kappa shape index (κ3) is 11.9. The largest absolute Gasteiger partial charge is 0.493 e. The van der Waals surface area contributed by atoms with Crippen LogP contribution in [-0.4, -0.2) is 74.4 Å². The molecular formula is C30H30Cl3F3N4O7. The van der Waals surface area contributed by atoms with E-state index < -0.39 is 28.6 Å². The summed E-state index contributed by atoms with van der Waals surface area (Å²) in [7, 11) is 0. The highest BCUT2D eigenvalue weighted by molar-refractivity contribution is 6.67. The number of aliphatic carboxylic acids is 1. The Labute approximate surface area is 281 Å². The van der Waals surface area contributed by atoms with Crippen LogP contribution < -0.4 is 9.64 Å². The van der Waals surface area contributed by atoms with Gasteiger partial charge in [0.1, 0.15) is 12.4 Å². The molecule has 1 atom stereocenters. The van der Waals surface area contributed by atoms with Crippen molar-refractivity contribution in [3.05, 3.63) is 78.2 Å². The Kier molecular flexibility index (Phi) is 13.6. The third-order valence-corrected chi connectivity index (χ3v) is 6.62. The number of aromatic amines is 2. The predicted octanol–water partition coefficient (Wildman–Crippen LogP) is 7.39. The molecule has 0 saturated heterocycles. The number of ether oxygens (including phenoxy) is 3. The van der Waals surface area contributed by atoms with Crippen LogP contribution in [0.5, 0.6) is 5.75 Å². The van der Waals surface area contributed by atoms with Gasteiger partial charge in [-0.15, -0.1) is 0 Å². The summed E-state index contributed by atoms with van der Waals surface area (Å²) in [4.78, 5) is 45.5. The number of carboxylic acids is 1. The quantitative estimate of drug-likeness (QED) is 0.0780. The van der Waals surface area contributed by atoms with E-state index in [2.05, 4.69) is 15.0 Å². The highest BCUT2D eigenvalue weighted by Crippen LogP contribution is 2.35. The number of hydrogen-bond donors (Lipinski definition) is 3. The van der Waals surface area contributed by atoms with Crippen molar-refractivity contribution >= 4 is 69.7 Å². The number of imidazole rings is 1. The number of anilines is 1. The van der Waals surface area contributed by atoms with Crippen molar-refractivity contribution in [3.63, 3.8) is 0 Å². The summed E-state index contributed by atoms with van der Waals surface area (Å²) in [6.07, 6.45) is -0.0224. The molecule has 1 amide bonds. The van der Waals surface area contributed by atoms with E-state index in [0.29, 0.717) is 31.3 Å². The molecule has 4 rings (SSSR count). The van der Waals surface area contributed by atoms with Crippen molar-refractivity contribution in [2.24, 2.45) is 0 Å². The molecule has 2 heterocycles. The minimum atomic E-state index is -5.08. The standard InChI is InChI=1S/C28H29Cl3N4O5.C2HF3O2/c1-2-38-25(36)16-22(19-7-4-3-5-8-19)23-17-34-24-15-20(9-10-21(23)24)39-14-6-13-35(26-32-11-12-33-26)27(37)40-18-28(29,30)31;3-2(4,5)1(6)7/h3-5,7-12,15,17,22,34H,2,6,13-14,16,18H2,1H3,(H,32,33);(H,6,7). The molecule has 3 N–H and O–H groups in total. The molecule has 0 bridgehead atoms. The maximum absolute atomic E-state index is 12.6. The van der Waals surface area contributed by atoms with E-state index in [4.69, 9.17) is 58.9 Å². The number of carboxylic acid groups (broad SMARTS) is 1. The number of H-pyrrole nitrogens is 2. The van der Waals surface area contributed by atoms with Gasteiger partial charge in [-0.2, -0.15) is 13.2 Å². The van der Waals surface area contributed by atoms with Crippen LogP contribution in [0.2, 0.25) is 0 Å². The lowest BCUT2D eigenvalue weighted by Crippen LogP contribution is -2.35. The number of carbonyl (C=O) groups excluding carboxylic acids is 2. The molecular weight excluding hydrogens is 692 g/mol. The topological polar surface area (TPSA) is 147 Å². The van der Waals surface area contributed by atoms with Gasteiger partial charge in [-0.1, -0.05) is 65.1 Å². The van der Waals surface area contributed by atoms with Crippen LogP contribution >= 0.6 is 34.8 Å². The molecule has 2 aromatic heterocycles. The summed E-state index contributed by atoms with van der Waals surface area (Å²) in [6.45, 7) is 2.32. The minimum absolute atomic E-state index is 0.158. The summed E-state index contributed by atoms with van der Waals surface area (Å²) in [5.74, 6) is -2.19. The number of nitrogens with one attached hydrogen (secondary N) is 2. The van der Waals surface area contributed by atoms with Crippen LogP contribution in [0.4, 0.5) is 23.9 Å². The molecule has 0 radical (unpaired) electrons. The maximum Gasteiger partial charge on any atom is 0.490 e. The lowest BCUT2D eigenvalue weighted by Gasteiger charge is -2.21. The summed E-state index contributed by atoms with van der Waals surface area (Å²) < 4.78 is 46.3. The number of amides is 1. The predicted molar refractivity (Wildman–Crippen MR) is 169 cm³/mol. The highest BCUT2D eigenvalue weighted by Gasteiger charge is 2.38. The Morgan fingerprint density at radius 3 is 2.34 bits per heavy atom. The van der Waals surface area contributed by atoms with Crippen molar-refractivity contribution in [2.75, 3.05) is 31.3 Å². The number of esters is 1. The smallest absolute Gasteiger partial charge is 0.490 e. The van der Waals surface area contributed by atoms with Crippen LogP contribution in [0.15, 0.2) is 67.1 Å². The van der Waals surface area contributed by atoms with E-state index in [0.717, 1.165) is 22.0 Å². The van der Waals surface area contributed by atoms with Crippen molar-refractivity contribution in [2.45, 2.75) is 35.7 Å². The van der Waals surface area contributed by atoms with E-state index >= 15 is 0 Å². The van der Waals surface area contributed by atoms with Gasteiger partial charge >= 0.3 is 24.2 Å². The second-order valence-corrected chi connectivity index (χ2v) is 12.2. The molecule has 1 unspecified atom stereocenters. The second-order valence-electron chi connectivity index (χ2n) is 9.66. The van der Waals surface area contributed by atoms with Gasteiger partial charge in [-0.3, -0.25) is 4.79 Å². The Hall–Kier alpha value is -4.14. The first-order valence-corrected chi connectivity index (χ1v) is 15.1. The van der Waals surface area contributed by atoms with Gasteiger partial charge in [-0.05, 0) is 36.6 Å². The van der Waals surface area contributed by atoms with E-state index in [9.17, 15) is 22.8 Å². The molecule has 4 aromatic rings. The number of fused-ring (bicyclic) bond motifs is 1. The average molecular weight is 722 g/mol. The SMILES string of the molecule is CCOC(=O)CC(c1ccccc1)c1c[nH]c2cc(OCCCN(C(=O)OCC(Cl)(Cl)Cl)c3ncc[nH]3)ccc12.O=C(O)C(F)(F)F. The fourth-order valence-corrected chi connectivity index (χ4v) is 4.47. The van der Waals surface area contributed by atoms with Gasteiger partial charge in [-0.25, -0.2) is 19.5 Å². The van der Waals surface area contributed by atoms with Gasteiger partial charge in [0.15, 0.2) is 0 Å². The zero-order valence-corrected chi connectivity index (χ0v) is 27.0. The molecule has 47 heavy (non-hydrogen) atoms. The van der Waals surface area contributed by atoms with Crippen LogP contribution in [-0.2, 0) is 19.1 Å². The number of aromatic nitrogens is 3. The molecule has 0 saturated carbocycles. The van der Waals surface area contributed by atoms with E-state index in [1.165, 1.54) is 11.1 Å². The van der Waals surface area contributed by atoms with E-state index in [-0.39, 0.29) is 24.9 Å². The van der Waals surface area contributed by atoms with Crippen LogP contribution in [0.3, 0.4) is 0 Å². The van der Waals surface area contributed by atoms with Crippen molar-refractivity contribution in [1.29, 1.82) is 0 Å². The van der Waals surface area contributed by atoms with E-state index in [1.54, 1.807) is 13.1 Å². The van der Waals surface area contributed by atoms with Crippen molar-refractivity contribution in [3.8, 4) is 5.75 Å². The van der Waals surface area contributed by atoms with Gasteiger partial charge < -0.3 is 29.3 Å². The number of benzene rings is 2. The Morgan fingerprint density at radius 1 is 1.04 bits per heavy atom. The van der Waals surface area contributed by atoms with Crippen LogP contribution in [0, 0.1) is 0 Å². The van der Waals surface area contributed by atoms with Gasteiger partial charge in [0.25, 0.3) is 0 Å². The molecule has 254 valence electrons. The van der Waals surface area contributed by atoms with Crippen LogP contribution in [0.25, 0.3) is 10.9 Å². The zero-order chi connectivity index (χ0) is 34.6. The molecule has 0 aliphatic carbocycles. The normalized spacial score (nSPS) is 12.1. The van der Waals surface area contributed by atoms with Crippen molar-refractivity contribution in [1.82, 2.24) is 15.0 Å². The summed E-state index contributed by atoms with van der Waals surface area (Å²) in [5.41, 5.74) is 2.92. The van der Waals surface area contributed by atoms with E-state index in [1.807, 2.05) is 54.7 Å². The summed E-state index contributed by atoms with van der Waals surface area (Å²) in [6, 6.07) is 15.7. The molecule has 0 aliphatic rings. The number of nitrogens with zero attached hydrogens (tertiary/aromatic N) is 2. The molecule has 11 nitrogen and oxygen atoms in total. The van der Waals surface area contributed by atoms with Gasteiger partial charge in [0.2, 0.25) is 9.74 Å². The molecule has 2 aromatic carbocycles. The Morgan fingerprint density at radius 2 is 1.74 bits per heavy atom. The minimum Gasteiger partial charge on any atom is -0.493 e. The first-order valence-electron chi connectivity index (χ1n) is 13.9. The number of carbonyl (C=O) groups is 3. The maximum atomic E-state index is 12.6. The van der Waals surface area contributed by atoms with Crippen molar-refractivity contribution < 1.29 is 46.9 Å². The lowest BCUT2D eigenvalue weighted by atomic mass is 9.88. The lowest BCUT2D eigenvalue weighted by molar-refractivity contribution is -0.192. The van der Waals surface area contributed by atoms with Crippen LogP contribution in [0.1, 0.15) is 36.8 Å². The third-order valence-electron chi connectivity index (χ3n) is 6.30. The molecule has 0 fully saturated rings. The molecule has 0 spiro atoms. The number of hydrogen-bond acceptors (Lipinski definition) is 7. The Bertz CT molecular complexity index is 1600. The first kappa shape index (κ1) is 37.3. The zero-order valence-electron chi connectivity index (χ0n) is 24.7. The second kappa shape index (κ2) is 17.1. The fraction of sp³-hybridized carbons (Fsp3) is 0.333. The summed E-state index contributed by atoms with van der Waals surface area (Å²) in [5, 5.41) is 8.12. The van der Waals surface area contributed by atoms with Gasteiger partial charge in [0, 0.05) is 48.0 Å². The first-order chi connectivity index (χ1) is 22.2. The Balaban J connectivity index is 0.000000771. The number of halogens is 6. The molecule has 17 heteroatoms.